The van der Waals surface area contributed by atoms with E-state index < -0.39 is 9.73 Å². The minimum absolute atomic E-state index is 0.407. The van der Waals surface area contributed by atoms with Crippen molar-refractivity contribution in [3.63, 3.8) is 0 Å². The summed E-state index contributed by atoms with van der Waals surface area (Å²) in [5, 5.41) is 6.43. The fourth-order valence-electron chi connectivity index (χ4n) is 2.49. The van der Waals surface area contributed by atoms with Crippen molar-refractivity contribution in [3.8, 4) is 5.75 Å². The Bertz CT molecular complexity index is 873. The van der Waals surface area contributed by atoms with Crippen molar-refractivity contribution in [2.24, 2.45) is 0 Å². The quantitative estimate of drug-likeness (QED) is 0.638. The predicted octanol–water partition coefficient (Wildman–Crippen LogP) is 3.99. The van der Waals surface area contributed by atoms with Crippen LogP contribution in [-0.4, -0.2) is 33.6 Å². The Hall–Kier alpha value is -1.87. The topological polar surface area (TPSA) is 100.0 Å². The molecule has 2 heterocycles. The SMILES string of the molecule is CS(=N)(=O)c1ccc2cc1OCCCCCNc1nc(ncc1Br)N2. The highest BCUT2D eigenvalue weighted by Gasteiger charge is 2.14. The number of rotatable bonds is 1. The second kappa shape index (κ2) is 7.57. The lowest BCUT2D eigenvalue weighted by Crippen LogP contribution is -2.09. The van der Waals surface area contributed by atoms with Crippen molar-refractivity contribution in [1.29, 1.82) is 4.78 Å². The average molecular weight is 426 g/mol. The van der Waals surface area contributed by atoms with E-state index in [0.29, 0.717) is 28.9 Å². The number of hydrogen-bond donors (Lipinski definition) is 3. The number of halogens is 1. The molecule has 1 aliphatic rings. The van der Waals surface area contributed by atoms with Crippen molar-refractivity contribution in [1.82, 2.24) is 9.97 Å². The molecule has 0 saturated heterocycles. The lowest BCUT2D eigenvalue weighted by molar-refractivity contribution is 0.299. The van der Waals surface area contributed by atoms with Crippen LogP contribution in [0.2, 0.25) is 0 Å². The molecule has 7 nitrogen and oxygen atoms in total. The molecule has 3 N–H and O–H groups in total. The third kappa shape index (κ3) is 4.60. The van der Waals surface area contributed by atoms with Crippen LogP contribution in [0.5, 0.6) is 5.75 Å². The van der Waals surface area contributed by atoms with Gasteiger partial charge in [-0.1, -0.05) is 0 Å². The van der Waals surface area contributed by atoms with Gasteiger partial charge in [-0.3, -0.25) is 0 Å². The Balaban J connectivity index is 1.99. The third-order valence-corrected chi connectivity index (χ3v) is 5.49. The molecule has 9 heteroatoms. The molecule has 1 aromatic carbocycles. The van der Waals surface area contributed by atoms with Gasteiger partial charge in [0.15, 0.2) is 0 Å². The van der Waals surface area contributed by atoms with E-state index in [9.17, 15) is 4.21 Å². The summed E-state index contributed by atoms with van der Waals surface area (Å²) in [6.07, 6.45) is 5.96. The summed E-state index contributed by atoms with van der Waals surface area (Å²) in [4.78, 5) is 9.14. The van der Waals surface area contributed by atoms with Crippen LogP contribution < -0.4 is 15.4 Å². The Morgan fingerprint density at radius 1 is 1.32 bits per heavy atom. The van der Waals surface area contributed by atoms with E-state index in [2.05, 4.69) is 36.5 Å². The molecule has 4 bridgehead atoms. The first-order chi connectivity index (χ1) is 11.9. The average Bonchev–Trinajstić information content (AvgIpc) is 2.55. The van der Waals surface area contributed by atoms with E-state index in [1.165, 1.54) is 6.26 Å². The maximum absolute atomic E-state index is 12.2. The summed E-state index contributed by atoms with van der Waals surface area (Å²) < 4.78 is 26.7. The summed E-state index contributed by atoms with van der Waals surface area (Å²) in [6, 6.07) is 5.17. The monoisotopic (exact) mass is 425 g/mol. The number of ether oxygens (including phenoxy) is 1. The molecule has 1 atom stereocenters. The summed E-state index contributed by atoms with van der Waals surface area (Å²) in [7, 11) is -2.87. The van der Waals surface area contributed by atoms with Gasteiger partial charge in [-0.25, -0.2) is 14.0 Å². The van der Waals surface area contributed by atoms with Crippen LogP contribution in [0.1, 0.15) is 19.3 Å². The third-order valence-electron chi connectivity index (χ3n) is 3.73. The fourth-order valence-corrected chi connectivity index (χ4v) is 3.65. The molecule has 0 radical (unpaired) electrons. The summed E-state index contributed by atoms with van der Waals surface area (Å²) in [6.45, 7) is 1.33. The minimum atomic E-state index is -2.87. The van der Waals surface area contributed by atoms with Gasteiger partial charge in [0.25, 0.3) is 0 Å². The van der Waals surface area contributed by atoms with Gasteiger partial charge in [0.05, 0.1) is 25.7 Å². The summed E-state index contributed by atoms with van der Waals surface area (Å²) >= 11 is 3.45. The van der Waals surface area contributed by atoms with E-state index in [0.717, 1.165) is 36.1 Å². The first-order valence-corrected chi connectivity index (χ1v) is 10.7. The first kappa shape index (κ1) is 17.9. The molecule has 2 aromatic rings. The van der Waals surface area contributed by atoms with Gasteiger partial charge < -0.3 is 15.4 Å². The molecule has 134 valence electrons. The molecule has 0 spiro atoms. The Morgan fingerprint density at radius 2 is 2.16 bits per heavy atom. The Labute approximate surface area is 155 Å². The van der Waals surface area contributed by atoms with Gasteiger partial charge in [0.2, 0.25) is 5.95 Å². The smallest absolute Gasteiger partial charge is 0.229 e. The highest BCUT2D eigenvalue weighted by molar-refractivity contribution is 9.10. The van der Waals surface area contributed by atoms with Gasteiger partial charge in [-0.2, -0.15) is 4.98 Å². The highest BCUT2D eigenvalue weighted by Crippen LogP contribution is 2.30. The second-order valence-corrected chi connectivity index (χ2v) is 8.84. The Kier molecular flexibility index (Phi) is 5.43. The normalized spacial score (nSPS) is 17.2. The maximum atomic E-state index is 12.2. The number of hydrogen-bond acceptors (Lipinski definition) is 7. The molecule has 0 fully saturated rings. The van der Waals surface area contributed by atoms with Gasteiger partial charge in [0.1, 0.15) is 11.6 Å². The molecule has 1 aromatic heterocycles. The highest BCUT2D eigenvalue weighted by atomic mass is 79.9. The van der Waals surface area contributed by atoms with Gasteiger partial charge in [-0.15, -0.1) is 0 Å². The Morgan fingerprint density at radius 3 is 2.96 bits per heavy atom. The fraction of sp³-hybridized carbons (Fsp3) is 0.375. The number of nitrogens with one attached hydrogen (secondary N) is 3. The number of aromatic nitrogens is 2. The van der Waals surface area contributed by atoms with Crippen LogP contribution in [0, 0.1) is 4.78 Å². The second-order valence-electron chi connectivity index (χ2n) is 5.86. The molecule has 1 aliphatic heterocycles. The number of benzene rings is 1. The predicted molar refractivity (Wildman–Crippen MR) is 102 cm³/mol. The molecule has 3 rings (SSSR count). The summed E-state index contributed by atoms with van der Waals surface area (Å²) in [5.41, 5.74) is 0.715. The van der Waals surface area contributed by atoms with Crippen molar-refractivity contribution >= 4 is 43.1 Å². The zero-order valence-corrected chi connectivity index (χ0v) is 16.2. The van der Waals surface area contributed by atoms with E-state index in [-0.39, 0.29) is 0 Å². The molecule has 0 amide bonds. The van der Waals surface area contributed by atoms with Crippen LogP contribution >= 0.6 is 15.9 Å². The lowest BCUT2D eigenvalue weighted by atomic mass is 10.2. The molecule has 0 aliphatic carbocycles. The molecule has 0 saturated carbocycles. The van der Waals surface area contributed by atoms with Crippen molar-refractivity contribution < 1.29 is 8.95 Å². The first-order valence-electron chi connectivity index (χ1n) is 7.97. The van der Waals surface area contributed by atoms with Crippen molar-refractivity contribution in [3.05, 3.63) is 28.9 Å². The van der Waals surface area contributed by atoms with E-state index in [1.807, 2.05) is 0 Å². The largest absolute Gasteiger partial charge is 0.492 e. The standard InChI is InChI=1S/C16H20BrN5O2S/c1-25(18,23)14-6-5-11-9-13(14)24-8-4-2-3-7-19-15-12(17)10-20-16(21-11)22-15/h5-6,9-10,18H,2-4,7-8H2,1H3,(H2,19,20,21,22). The zero-order chi connectivity index (χ0) is 17.9. The molecule has 25 heavy (non-hydrogen) atoms. The van der Waals surface area contributed by atoms with Gasteiger partial charge in [-0.05, 0) is 47.3 Å². The van der Waals surface area contributed by atoms with Gasteiger partial charge in [0, 0.05) is 30.8 Å². The lowest BCUT2D eigenvalue weighted by Gasteiger charge is -2.15. The number of fused-ring (bicyclic) bond motifs is 4. The van der Waals surface area contributed by atoms with Crippen LogP contribution in [0.4, 0.5) is 17.5 Å². The number of nitrogens with zero attached hydrogens (tertiary/aromatic N) is 2. The van der Waals surface area contributed by atoms with E-state index >= 15 is 0 Å². The van der Waals surface area contributed by atoms with Crippen LogP contribution in [0.15, 0.2) is 33.8 Å². The van der Waals surface area contributed by atoms with Crippen LogP contribution in [0.25, 0.3) is 0 Å². The van der Waals surface area contributed by atoms with E-state index in [4.69, 9.17) is 9.52 Å². The molecular formula is C16H20BrN5O2S. The van der Waals surface area contributed by atoms with Crippen LogP contribution in [0.3, 0.4) is 0 Å². The van der Waals surface area contributed by atoms with Crippen molar-refractivity contribution in [2.45, 2.75) is 24.2 Å². The van der Waals surface area contributed by atoms with Crippen LogP contribution in [-0.2, 0) is 9.73 Å². The molecule has 1 unspecified atom stereocenters. The summed E-state index contributed by atoms with van der Waals surface area (Å²) in [5.74, 6) is 1.66. The molecular weight excluding hydrogens is 406 g/mol. The minimum Gasteiger partial charge on any atom is -0.492 e. The maximum Gasteiger partial charge on any atom is 0.229 e. The van der Waals surface area contributed by atoms with E-state index in [1.54, 1.807) is 24.4 Å². The zero-order valence-electron chi connectivity index (χ0n) is 13.8. The number of anilines is 3. The van der Waals surface area contributed by atoms with Crippen molar-refractivity contribution in [2.75, 3.05) is 30.0 Å². The van der Waals surface area contributed by atoms with Gasteiger partial charge >= 0.3 is 0 Å².